The van der Waals surface area contributed by atoms with E-state index in [1.165, 1.54) is 0 Å². The Hall–Kier alpha value is -3.12. The summed E-state index contributed by atoms with van der Waals surface area (Å²) in [6, 6.07) is 21.1. The molecule has 0 saturated carbocycles. The standard InChI is InChI=1S/C25H22BrNO4/c1-15-10-11-16(12-22(15)26)23(13-24(28)29)27-25(30)31-14-21-19-8-4-2-6-17(19)18-7-3-5-9-20(18)21/h2-12,21,23H,13-14H2,1H3,(H,27,30)(H,28,29)/t23-/m0/s1. The molecule has 0 radical (unpaired) electrons. The van der Waals surface area contributed by atoms with Gasteiger partial charge in [0.05, 0.1) is 12.5 Å². The van der Waals surface area contributed by atoms with Crippen molar-refractivity contribution in [3.63, 3.8) is 0 Å². The van der Waals surface area contributed by atoms with E-state index in [0.29, 0.717) is 5.56 Å². The number of hydrogen-bond acceptors (Lipinski definition) is 3. The molecule has 3 aromatic carbocycles. The number of halogens is 1. The number of benzene rings is 3. The summed E-state index contributed by atoms with van der Waals surface area (Å²) < 4.78 is 6.43. The monoisotopic (exact) mass is 479 g/mol. The van der Waals surface area contributed by atoms with Crippen LogP contribution in [0.2, 0.25) is 0 Å². The molecular weight excluding hydrogens is 458 g/mol. The first-order chi connectivity index (χ1) is 14.9. The van der Waals surface area contributed by atoms with Crippen molar-refractivity contribution in [2.24, 2.45) is 0 Å². The van der Waals surface area contributed by atoms with Gasteiger partial charge in [0.1, 0.15) is 6.61 Å². The fourth-order valence-electron chi connectivity index (χ4n) is 4.04. The van der Waals surface area contributed by atoms with Crippen LogP contribution in [0.15, 0.2) is 71.2 Å². The highest BCUT2D eigenvalue weighted by Crippen LogP contribution is 2.44. The number of fused-ring (bicyclic) bond motifs is 3. The summed E-state index contributed by atoms with van der Waals surface area (Å²) in [5.41, 5.74) is 6.29. The summed E-state index contributed by atoms with van der Waals surface area (Å²) in [6.07, 6.45) is -0.871. The van der Waals surface area contributed by atoms with Gasteiger partial charge in [-0.05, 0) is 46.4 Å². The van der Waals surface area contributed by atoms with Gasteiger partial charge in [0, 0.05) is 10.4 Å². The fourth-order valence-corrected chi connectivity index (χ4v) is 4.43. The van der Waals surface area contributed by atoms with Crippen LogP contribution < -0.4 is 5.32 Å². The SMILES string of the molecule is Cc1ccc([C@H](CC(=O)O)NC(=O)OCC2c3ccccc3-c3ccccc32)cc1Br. The zero-order valence-electron chi connectivity index (χ0n) is 17.0. The van der Waals surface area contributed by atoms with Crippen molar-refractivity contribution in [2.75, 3.05) is 6.61 Å². The highest BCUT2D eigenvalue weighted by molar-refractivity contribution is 9.10. The third kappa shape index (κ3) is 4.49. The fraction of sp³-hybridized carbons (Fsp3) is 0.200. The van der Waals surface area contributed by atoms with E-state index in [-0.39, 0.29) is 18.9 Å². The Labute approximate surface area is 189 Å². The van der Waals surface area contributed by atoms with Crippen LogP contribution in [0, 0.1) is 6.92 Å². The first-order valence-corrected chi connectivity index (χ1v) is 10.8. The lowest BCUT2D eigenvalue weighted by molar-refractivity contribution is -0.137. The van der Waals surface area contributed by atoms with E-state index in [4.69, 9.17) is 4.74 Å². The van der Waals surface area contributed by atoms with Crippen LogP contribution in [-0.2, 0) is 9.53 Å². The summed E-state index contributed by atoms with van der Waals surface area (Å²) in [6.45, 7) is 2.12. The molecule has 1 aliphatic carbocycles. The van der Waals surface area contributed by atoms with Crippen molar-refractivity contribution in [3.8, 4) is 11.1 Å². The summed E-state index contributed by atoms with van der Waals surface area (Å²) in [5.74, 6) is -1.05. The topological polar surface area (TPSA) is 75.6 Å². The maximum atomic E-state index is 12.6. The number of amides is 1. The number of rotatable bonds is 6. The number of nitrogens with one attached hydrogen (secondary N) is 1. The number of carboxylic acid groups (broad SMARTS) is 1. The molecule has 0 spiro atoms. The minimum Gasteiger partial charge on any atom is -0.481 e. The molecule has 6 heteroatoms. The molecular formula is C25H22BrNO4. The van der Waals surface area contributed by atoms with Crippen molar-refractivity contribution >= 4 is 28.0 Å². The Bertz CT molecular complexity index is 1100. The van der Waals surface area contributed by atoms with Gasteiger partial charge in [0.15, 0.2) is 0 Å². The van der Waals surface area contributed by atoms with Crippen molar-refractivity contribution in [1.29, 1.82) is 0 Å². The van der Waals surface area contributed by atoms with Gasteiger partial charge in [-0.1, -0.05) is 76.6 Å². The van der Waals surface area contributed by atoms with Gasteiger partial charge in [-0.15, -0.1) is 0 Å². The lowest BCUT2D eigenvalue weighted by Crippen LogP contribution is -2.31. The third-order valence-corrected chi connectivity index (χ3v) is 6.47. The second kappa shape index (κ2) is 8.94. The summed E-state index contributed by atoms with van der Waals surface area (Å²) in [7, 11) is 0. The van der Waals surface area contributed by atoms with Crippen molar-refractivity contribution < 1.29 is 19.4 Å². The van der Waals surface area contributed by atoms with Crippen LogP contribution in [0.3, 0.4) is 0 Å². The maximum absolute atomic E-state index is 12.6. The summed E-state index contributed by atoms with van der Waals surface area (Å²) >= 11 is 3.46. The van der Waals surface area contributed by atoms with Gasteiger partial charge >= 0.3 is 12.1 Å². The number of aryl methyl sites for hydroxylation is 1. The van der Waals surface area contributed by atoms with E-state index in [9.17, 15) is 14.7 Å². The average Bonchev–Trinajstić information content (AvgIpc) is 3.07. The zero-order valence-corrected chi connectivity index (χ0v) is 18.6. The van der Waals surface area contributed by atoms with Crippen LogP contribution in [0.5, 0.6) is 0 Å². The minimum absolute atomic E-state index is 0.0513. The lowest BCUT2D eigenvalue weighted by Gasteiger charge is -2.20. The lowest BCUT2D eigenvalue weighted by atomic mass is 9.98. The predicted octanol–water partition coefficient (Wildman–Crippen LogP) is 5.81. The van der Waals surface area contributed by atoms with Gasteiger partial charge in [-0.2, -0.15) is 0 Å². The molecule has 0 bridgehead atoms. The molecule has 4 rings (SSSR count). The Morgan fingerprint density at radius 2 is 1.65 bits per heavy atom. The number of hydrogen-bond donors (Lipinski definition) is 2. The first kappa shape index (κ1) is 21.1. The second-order valence-electron chi connectivity index (χ2n) is 7.63. The molecule has 1 atom stereocenters. The van der Waals surface area contributed by atoms with Crippen LogP contribution in [0.1, 0.15) is 40.6 Å². The number of carbonyl (C=O) groups excluding carboxylic acids is 1. The predicted molar refractivity (Wildman–Crippen MR) is 122 cm³/mol. The number of carbonyl (C=O) groups is 2. The van der Waals surface area contributed by atoms with Gasteiger partial charge in [-0.25, -0.2) is 4.79 Å². The minimum atomic E-state index is -0.999. The molecule has 3 aromatic rings. The quantitative estimate of drug-likeness (QED) is 0.467. The molecule has 2 N–H and O–H groups in total. The summed E-state index contributed by atoms with van der Waals surface area (Å²) in [4.78, 5) is 24.0. The smallest absolute Gasteiger partial charge is 0.407 e. The third-order valence-electron chi connectivity index (χ3n) is 5.61. The van der Waals surface area contributed by atoms with Gasteiger partial charge < -0.3 is 15.2 Å². The summed E-state index contributed by atoms with van der Waals surface area (Å²) in [5, 5.41) is 12.0. The molecule has 5 nitrogen and oxygen atoms in total. The number of ether oxygens (including phenoxy) is 1. The van der Waals surface area contributed by atoms with Crippen LogP contribution in [0.4, 0.5) is 4.79 Å². The van der Waals surface area contributed by atoms with E-state index < -0.39 is 18.1 Å². The van der Waals surface area contributed by atoms with Crippen molar-refractivity contribution in [3.05, 3.63) is 93.5 Å². The number of aliphatic carboxylic acids is 1. The van der Waals surface area contributed by atoms with Gasteiger partial charge in [-0.3, -0.25) is 4.79 Å². The average molecular weight is 480 g/mol. The number of carboxylic acids is 1. The molecule has 158 valence electrons. The van der Waals surface area contributed by atoms with Crippen LogP contribution in [-0.4, -0.2) is 23.8 Å². The molecule has 0 aromatic heterocycles. The molecule has 0 unspecified atom stereocenters. The largest absolute Gasteiger partial charge is 0.481 e. The maximum Gasteiger partial charge on any atom is 0.407 e. The Kier molecular flexibility index (Phi) is 6.09. The van der Waals surface area contributed by atoms with Crippen LogP contribution >= 0.6 is 15.9 Å². The normalized spacial score (nSPS) is 13.2. The molecule has 0 fully saturated rings. The molecule has 0 saturated heterocycles. The van der Waals surface area contributed by atoms with Crippen molar-refractivity contribution in [2.45, 2.75) is 25.3 Å². The Morgan fingerprint density at radius 1 is 1.03 bits per heavy atom. The van der Waals surface area contributed by atoms with E-state index in [1.807, 2.05) is 49.4 Å². The van der Waals surface area contributed by atoms with E-state index >= 15 is 0 Å². The number of alkyl carbamates (subject to hydrolysis) is 1. The van der Waals surface area contributed by atoms with E-state index in [2.05, 4.69) is 45.5 Å². The van der Waals surface area contributed by atoms with Gasteiger partial charge in [0.25, 0.3) is 0 Å². The van der Waals surface area contributed by atoms with Crippen molar-refractivity contribution in [1.82, 2.24) is 5.32 Å². The first-order valence-electron chi connectivity index (χ1n) is 10.0. The second-order valence-corrected chi connectivity index (χ2v) is 8.48. The van der Waals surface area contributed by atoms with Gasteiger partial charge in [0.2, 0.25) is 0 Å². The van der Waals surface area contributed by atoms with Crippen LogP contribution in [0.25, 0.3) is 11.1 Å². The Morgan fingerprint density at radius 3 is 2.23 bits per heavy atom. The highest BCUT2D eigenvalue weighted by atomic mass is 79.9. The molecule has 1 amide bonds. The Balaban J connectivity index is 1.49. The molecule has 31 heavy (non-hydrogen) atoms. The van der Waals surface area contributed by atoms with E-state index in [0.717, 1.165) is 32.3 Å². The molecule has 0 aliphatic heterocycles. The zero-order chi connectivity index (χ0) is 22.0. The highest BCUT2D eigenvalue weighted by Gasteiger charge is 2.29. The molecule has 0 heterocycles. The van der Waals surface area contributed by atoms with E-state index in [1.54, 1.807) is 0 Å². The molecule has 1 aliphatic rings.